The number of benzene rings is 4. The number of phenols is 1. The summed E-state index contributed by atoms with van der Waals surface area (Å²) in [5, 5.41) is 102. The largest absolute Gasteiger partial charge is 0.508 e. The summed E-state index contributed by atoms with van der Waals surface area (Å²) in [6, 6.07) is 15.0. The number of hydrogen-bond donors (Lipinski definition) is 14. The molecule has 26 nitrogen and oxygen atoms in total. The second kappa shape index (κ2) is 31.5. The maximum atomic E-state index is 14.8. The first-order valence-corrected chi connectivity index (χ1v) is 29.5. The molecule has 15 N–H and O–H groups in total. The first-order valence-electron chi connectivity index (χ1n) is 29.5. The predicted octanol–water partition coefficient (Wildman–Crippen LogP) is -0.927. The number of hydrogen-bond acceptors (Lipinski definition) is 19. The van der Waals surface area contributed by atoms with E-state index in [-0.39, 0.29) is 49.8 Å². The summed E-state index contributed by atoms with van der Waals surface area (Å²) >= 11 is 0. The lowest BCUT2D eigenvalue weighted by Gasteiger charge is -2.34. The van der Waals surface area contributed by atoms with Crippen molar-refractivity contribution >= 4 is 41.4 Å². The molecule has 0 bridgehead atoms. The molecule has 6 unspecified atom stereocenters. The third kappa shape index (κ3) is 17.2. The zero-order valence-corrected chi connectivity index (χ0v) is 49.5. The van der Waals surface area contributed by atoms with E-state index in [1.54, 1.807) is 12.1 Å². The van der Waals surface area contributed by atoms with E-state index in [4.69, 9.17) is 19.9 Å². The number of nitrogens with one attached hydrogen (secondary N) is 5. The Hall–Kier alpha value is -7.63. The molecule has 4 aromatic rings. The van der Waals surface area contributed by atoms with E-state index in [1.807, 2.05) is 48.5 Å². The maximum Gasteiger partial charge on any atom is 0.251 e. The Bertz CT molecular complexity index is 2990. The van der Waals surface area contributed by atoms with E-state index < -0.39 is 152 Å². The summed E-state index contributed by atoms with van der Waals surface area (Å²) < 4.78 is 17.2. The van der Waals surface area contributed by atoms with Crippen LogP contribution in [0.2, 0.25) is 0 Å². The third-order valence-corrected chi connectivity index (χ3v) is 15.8. The number of fused-ring (bicyclic) bond motifs is 2. The number of phenolic OH excluding ortho intramolecular Hbond substituents is 1. The molecule has 0 spiro atoms. The smallest absolute Gasteiger partial charge is 0.251 e. The number of amides is 7. The molecule has 0 radical (unpaired) electrons. The van der Waals surface area contributed by atoms with Gasteiger partial charge in [-0.05, 0) is 84.5 Å². The standard InChI is InChI=1S/C62H82N8O18/c1-5-6-7-25-87-44-22-18-39(19-23-44)37-10-8-36(9-11-37)38-12-14-41(15-13-38)55(79)64-45-30-47(75)60(88-28-27-86-26-24-63)68-59(83)51-52(76)33(2)31-70(51)62(85)49(35(4)72)66-58(82)50(54(78)53(77)40-16-20-42(73)21-17-40)67-57(81)46-29-43(74)32-69(46)61(84)48(34(3)71)65-56(45)80/h8-23,33-35,43,45-54,60,71-78H,5-7,24-32,63H2,1-4H3,(H,64,79)(H,65,80)(H,66,82)(H,67,81)(H,68,83)/t33-,34+,35+,43+,45-,46?,47+,48?,49?,50?,51?,52-,53-,54-,60?/m0/s1. The van der Waals surface area contributed by atoms with Gasteiger partial charge in [-0.15, -0.1) is 0 Å². The van der Waals surface area contributed by atoms with Crippen molar-refractivity contribution in [2.45, 2.75) is 145 Å². The number of unbranched alkanes of at least 4 members (excludes halogenated alkanes) is 2. The van der Waals surface area contributed by atoms with E-state index in [0.29, 0.717) is 6.61 Å². The van der Waals surface area contributed by atoms with E-state index in [2.05, 4.69) is 33.5 Å². The van der Waals surface area contributed by atoms with Crippen molar-refractivity contribution in [1.82, 2.24) is 36.4 Å². The van der Waals surface area contributed by atoms with Crippen molar-refractivity contribution in [3.05, 3.63) is 108 Å². The highest BCUT2D eigenvalue weighted by Gasteiger charge is 2.50. The van der Waals surface area contributed by atoms with Gasteiger partial charge in [-0.1, -0.05) is 87.4 Å². The zero-order valence-electron chi connectivity index (χ0n) is 49.5. The molecule has 0 aromatic heterocycles. The summed E-state index contributed by atoms with van der Waals surface area (Å²) in [5.41, 5.74) is 9.00. The van der Waals surface area contributed by atoms with Crippen LogP contribution in [0.5, 0.6) is 11.5 Å². The van der Waals surface area contributed by atoms with Gasteiger partial charge in [-0.3, -0.25) is 33.6 Å². The molecule has 26 heteroatoms. The molecule has 3 aliphatic heterocycles. The Balaban J connectivity index is 1.22. The zero-order chi connectivity index (χ0) is 63.9. The minimum atomic E-state index is -2.30. The van der Waals surface area contributed by atoms with E-state index in [0.717, 1.165) is 83.0 Å². The summed E-state index contributed by atoms with van der Waals surface area (Å²) in [6.45, 7) is 5.29. The van der Waals surface area contributed by atoms with Crippen molar-refractivity contribution in [3.8, 4) is 33.8 Å². The second-order valence-electron chi connectivity index (χ2n) is 22.5. The molecule has 7 amide bonds. The lowest BCUT2D eigenvalue weighted by atomic mass is 9.96. The van der Waals surface area contributed by atoms with Crippen molar-refractivity contribution in [2.75, 3.05) is 46.1 Å². The average Bonchev–Trinajstić information content (AvgIpc) is 2.10. The Morgan fingerprint density at radius 1 is 0.648 bits per heavy atom. The fraction of sp³-hybridized carbons (Fsp3) is 0.500. The lowest BCUT2D eigenvalue weighted by Crippen LogP contribution is -2.64. The Kier molecular flexibility index (Phi) is 24.3. The van der Waals surface area contributed by atoms with E-state index in [1.165, 1.54) is 31.2 Å². The van der Waals surface area contributed by atoms with Gasteiger partial charge >= 0.3 is 0 Å². The number of aliphatic hydroxyl groups excluding tert-OH is 7. The first kappa shape index (κ1) is 67.9. The van der Waals surface area contributed by atoms with Crippen molar-refractivity contribution in [3.63, 3.8) is 0 Å². The van der Waals surface area contributed by atoms with Gasteiger partial charge in [0.25, 0.3) is 5.91 Å². The van der Waals surface area contributed by atoms with Crippen LogP contribution in [0.3, 0.4) is 0 Å². The molecule has 478 valence electrons. The SMILES string of the molecule is CCCCCOc1ccc(-c2ccc(-c3ccc(C(=O)N[C@H]4C[C@@H](O)C(OCCOCCN)NC(=O)C5[C@@H](O)[C@@H](C)CN5C(=O)C([C@@H](C)O)NC(=O)C([C@H](O)[C@@H](O)c5ccc(O)cc5)NC(=O)C5C[C@@H](O)CN5C(=O)C([C@@H](C)O)NC4=O)cc3)cc2)cc1. The van der Waals surface area contributed by atoms with E-state index >= 15 is 0 Å². The highest BCUT2D eigenvalue weighted by molar-refractivity contribution is 6.00. The molecular weight excluding hydrogens is 1140 g/mol. The highest BCUT2D eigenvalue weighted by Crippen LogP contribution is 2.30. The molecular formula is C62H82N8O18. The molecule has 3 fully saturated rings. The minimum Gasteiger partial charge on any atom is -0.508 e. The molecule has 0 aliphatic carbocycles. The fourth-order valence-electron chi connectivity index (χ4n) is 10.8. The minimum absolute atomic E-state index is 0.0276. The van der Waals surface area contributed by atoms with Gasteiger partial charge < -0.3 is 97.2 Å². The van der Waals surface area contributed by atoms with Crippen LogP contribution >= 0.6 is 0 Å². The number of carbonyl (C=O) groups is 7. The Labute approximate surface area is 509 Å². The second-order valence-corrected chi connectivity index (χ2v) is 22.5. The number of nitrogens with zero attached hydrogens (tertiary/aromatic N) is 2. The molecule has 3 saturated heterocycles. The fourth-order valence-corrected chi connectivity index (χ4v) is 10.8. The Morgan fingerprint density at radius 2 is 1.20 bits per heavy atom. The van der Waals surface area contributed by atoms with Gasteiger partial charge in [0.2, 0.25) is 35.4 Å². The average molecular weight is 1230 g/mol. The van der Waals surface area contributed by atoms with Gasteiger partial charge in [0, 0.05) is 44.0 Å². The van der Waals surface area contributed by atoms with Crippen LogP contribution in [0.25, 0.3) is 22.3 Å². The molecule has 4 aromatic carbocycles. The van der Waals surface area contributed by atoms with Gasteiger partial charge in [0.05, 0.1) is 50.8 Å². The number of carbonyl (C=O) groups excluding carboxylic acids is 7. The number of aromatic hydroxyl groups is 1. The summed E-state index contributed by atoms with van der Waals surface area (Å²) in [6.07, 6.45) is -12.9. The normalized spacial score (nSPS) is 26.5. The van der Waals surface area contributed by atoms with Crippen LogP contribution in [-0.2, 0) is 38.2 Å². The van der Waals surface area contributed by atoms with Crippen molar-refractivity contribution in [2.24, 2.45) is 11.7 Å². The topological polar surface area (TPSA) is 402 Å². The van der Waals surface area contributed by atoms with Crippen LogP contribution < -0.4 is 37.1 Å². The van der Waals surface area contributed by atoms with Crippen LogP contribution in [0.15, 0.2) is 97.1 Å². The monoisotopic (exact) mass is 1230 g/mol. The maximum absolute atomic E-state index is 14.8. The molecule has 15 atom stereocenters. The van der Waals surface area contributed by atoms with Crippen molar-refractivity contribution in [1.29, 1.82) is 0 Å². The number of rotatable bonds is 20. The van der Waals surface area contributed by atoms with Crippen LogP contribution in [-0.4, -0.2) is 217 Å². The molecule has 0 saturated carbocycles. The predicted molar refractivity (Wildman–Crippen MR) is 317 cm³/mol. The first-order chi connectivity index (χ1) is 42.0. The van der Waals surface area contributed by atoms with E-state index in [9.17, 15) is 74.4 Å². The third-order valence-electron chi connectivity index (χ3n) is 15.8. The number of nitrogens with two attached hydrogens (primary N) is 1. The van der Waals surface area contributed by atoms with Gasteiger partial charge in [0.15, 0.2) is 6.23 Å². The molecule has 88 heavy (non-hydrogen) atoms. The Morgan fingerprint density at radius 3 is 1.78 bits per heavy atom. The van der Waals surface area contributed by atoms with Gasteiger partial charge in [0.1, 0.15) is 66.1 Å². The van der Waals surface area contributed by atoms with Gasteiger partial charge in [-0.25, -0.2) is 0 Å². The van der Waals surface area contributed by atoms with Gasteiger partial charge in [-0.2, -0.15) is 0 Å². The molecule has 7 rings (SSSR count). The molecule has 3 heterocycles. The highest BCUT2D eigenvalue weighted by atomic mass is 16.5. The summed E-state index contributed by atoms with van der Waals surface area (Å²) in [5.74, 6) is -8.44. The van der Waals surface area contributed by atoms with Crippen molar-refractivity contribution < 1.29 is 88.6 Å². The number of aliphatic hydroxyl groups is 7. The van der Waals surface area contributed by atoms with Crippen LogP contribution in [0, 0.1) is 5.92 Å². The van der Waals surface area contributed by atoms with Crippen LogP contribution in [0.1, 0.15) is 81.8 Å². The van der Waals surface area contributed by atoms with Crippen LogP contribution in [0.4, 0.5) is 0 Å². The molecule has 3 aliphatic rings. The quantitative estimate of drug-likeness (QED) is 0.0476. The summed E-state index contributed by atoms with van der Waals surface area (Å²) in [4.78, 5) is 104. The lowest BCUT2D eigenvalue weighted by molar-refractivity contribution is -0.150. The number of ether oxygens (including phenoxy) is 3. The summed E-state index contributed by atoms with van der Waals surface area (Å²) in [7, 11) is 0.